The maximum atomic E-state index is 13.3. The Balaban J connectivity index is 1.68. The summed E-state index contributed by atoms with van der Waals surface area (Å²) in [7, 11) is 1.68. The van der Waals surface area contributed by atoms with Gasteiger partial charge in [0.2, 0.25) is 0 Å². The van der Waals surface area contributed by atoms with E-state index in [1.54, 1.807) is 13.2 Å². The summed E-state index contributed by atoms with van der Waals surface area (Å²) in [4.78, 5) is 2.53. The summed E-state index contributed by atoms with van der Waals surface area (Å²) in [6.07, 6.45) is 4.99. The lowest BCUT2D eigenvalue weighted by atomic mass is 10.0. The van der Waals surface area contributed by atoms with Crippen LogP contribution in [-0.2, 0) is 0 Å². The van der Waals surface area contributed by atoms with Gasteiger partial charge in [-0.2, -0.15) is 0 Å². The third-order valence-electron chi connectivity index (χ3n) is 5.22. The molecule has 2 aromatic carbocycles. The minimum atomic E-state index is -0.447. The molecule has 7 heteroatoms. The molecular formula is C22H27ClFN3OS. The third kappa shape index (κ3) is 6.29. The standard InChI is InChI=1S/C22H27ClFN3OS/c1-28-18-9-6-16(7-10-18)21(27-12-4-2-3-5-13-27)15-25-22(29)26-17-8-11-20(24)19(23)14-17/h6-11,14,21H,2-5,12-13,15H2,1H3,(H2,25,26,29)/t21-/m0/s1. The molecule has 0 spiro atoms. The fourth-order valence-corrected chi connectivity index (χ4v) is 4.01. The summed E-state index contributed by atoms with van der Waals surface area (Å²) in [6.45, 7) is 2.82. The van der Waals surface area contributed by atoms with E-state index in [9.17, 15) is 4.39 Å². The topological polar surface area (TPSA) is 36.5 Å². The van der Waals surface area contributed by atoms with Gasteiger partial charge in [0, 0.05) is 12.2 Å². The second-order valence-corrected chi connectivity index (χ2v) is 8.02. The fraction of sp³-hybridized carbons (Fsp3) is 0.409. The van der Waals surface area contributed by atoms with Crippen molar-refractivity contribution in [2.45, 2.75) is 31.7 Å². The molecule has 3 rings (SSSR count). The highest BCUT2D eigenvalue weighted by Gasteiger charge is 2.22. The van der Waals surface area contributed by atoms with Gasteiger partial charge >= 0.3 is 0 Å². The normalized spacial score (nSPS) is 16.0. The number of hydrogen-bond acceptors (Lipinski definition) is 3. The highest BCUT2D eigenvalue weighted by atomic mass is 35.5. The number of hydrogen-bond donors (Lipinski definition) is 2. The van der Waals surface area contributed by atoms with Crippen molar-refractivity contribution in [1.29, 1.82) is 0 Å². The zero-order valence-corrected chi connectivity index (χ0v) is 18.2. The molecule has 1 heterocycles. The van der Waals surface area contributed by atoms with Crippen molar-refractivity contribution in [3.8, 4) is 5.75 Å². The van der Waals surface area contributed by atoms with Crippen molar-refractivity contribution in [3.05, 3.63) is 58.9 Å². The first-order valence-corrected chi connectivity index (χ1v) is 10.7. The van der Waals surface area contributed by atoms with Crippen LogP contribution in [0, 0.1) is 5.82 Å². The van der Waals surface area contributed by atoms with Gasteiger partial charge in [-0.25, -0.2) is 4.39 Å². The van der Waals surface area contributed by atoms with Gasteiger partial charge in [-0.3, -0.25) is 4.90 Å². The largest absolute Gasteiger partial charge is 0.497 e. The van der Waals surface area contributed by atoms with Gasteiger partial charge in [0.05, 0.1) is 18.2 Å². The van der Waals surface area contributed by atoms with E-state index in [1.165, 1.54) is 43.4 Å². The second-order valence-electron chi connectivity index (χ2n) is 7.20. The molecule has 156 valence electrons. The Morgan fingerprint density at radius 3 is 2.45 bits per heavy atom. The summed E-state index contributed by atoms with van der Waals surface area (Å²) >= 11 is 11.3. The monoisotopic (exact) mass is 435 g/mol. The smallest absolute Gasteiger partial charge is 0.170 e. The molecule has 1 aliphatic heterocycles. The molecule has 29 heavy (non-hydrogen) atoms. The van der Waals surface area contributed by atoms with Crippen LogP contribution in [0.25, 0.3) is 0 Å². The Morgan fingerprint density at radius 2 is 1.83 bits per heavy atom. The molecule has 0 radical (unpaired) electrons. The van der Waals surface area contributed by atoms with E-state index in [-0.39, 0.29) is 11.1 Å². The lowest BCUT2D eigenvalue weighted by molar-refractivity contribution is 0.205. The van der Waals surface area contributed by atoms with E-state index < -0.39 is 5.82 Å². The first-order chi connectivity index (χ1) is 14.1. The molecule has 2 aromatic rings. The van der Waals surface area contributed by atoms with Crippen LogP contribution in [0.3, 0.4) is 0 Å². The number of thiocarbonyl (C=S) groups is 1. The highest BCUT2D eigenvalue weighted by molar-refractivity contribution is 7.80. The predicted molar refractivity (Wildman–Crippen MR) is 121 cm³/mol. The SMILES string of the molecule is COc1ccc([C@H](CNC(=S)Nc2ccc(F)c(Cl)c2)N2CCCCCC2)cc1. The Morgan fingerprint density at radius 1 is 1.14 bits per heavy atom. The molecule has 2 N–H and O–H groups in total. The Kier molecular flexibility index (Phi) is 8.09. The number of nitrogens with zero attached hydrogens (tertiary/aromatic N) is 1. The minimum Gasteiger partial charge on any atom is -0.497 e. The second kappa shape index (κ2) is 10.8. The fourth-order valence-electron chi connectivity index (χ4n) is 3.63. The van der Waals surface area contributed by atoms with Crippen LogP contribution in [0.5, 0.6) is 5.75 Å². The minimum absolute atomic E-state index is 0.0680. The molecule has 1 fully saturated rings. The predicted octanol–water partition coefficient (Wildman–Crippen LogP) is 5.39. The summed E-state index contributed by atoms with van der Waals surface area (Å²) in [6, 6.07) is 12.9. The van der Waals surface area contributed by atoms with Crippen molar-refractivity contribution in [1.82, 2.24) is 10.2 Å². The van der Waals surface area contributed by atoms with Gasteiger partial charge < -0.3 is 15.4 Å². The van der Waals surface area contributed by atoms with Gasteiger partial charge in [-0.1, -0.05) is 36.6 Å². The first-order valence-electron chi connectivity index (χ1n) is 9.94. The maximum absolute atomic E-state index is 13.3. The average Bonchev–Trinajstić information content (AvgIpc) is 3.01. The maximum Gasteiger partial charge on any atom is 0.170 e. The Labute approximate surface area is 182 Å². The molecule has 1 aliphatic rings. The third-order valence-corrected chi connectivity index (χ3v) is 5.75. The highest BCUT2D eigenvalue weighted by Crippen LogP contribution is 2.26. The van der Waals surface area contributed by atoms with Gasteiger partial charge in [-0.15, -0.1) is 0 Å². The van der Waals surface area contributed by atoms with Crippen LogP contribution in [0.4, 0.5) is 10.1 Å². The molecule has 0 saturated carbocycles. The quantitative estimate of drug-likeness (QED) is 0.595. The molecule has 0 amide bonds. The summed E-state index contributed by atoms with van der Waals surface area (Å²) in [5.74, 6) is 0.401. The number of ether oxygens (including phenoxy) is 1. The number of anilines is 1. The molecule has 4 nitrogen and oxygen atoms in total. The van der Waals surface area contributed by atoms with Crippen molar-refractivity contribution in [2.24, 2.45) is 0 Å². The van der Waals surface area contributed by atoms with Crippen molar-refractivity contribution < 1.29 is 9.13 Å². The van der Waals surface area contributed by atoms with Crippen molar-refractivity contribution in [2.75, 3.05) is 32.1 Å². The lowest BCUT2D eigenvalue weighted by Crippen LogP contribution is -2.40. The molecule has 0 aromatic heterocycles. The van der Waals surface area contributed by atoms with E-state index in [0.717, 1.165) is 18.8 Å². The molecular weight excluding hydrogens is 409 g/mol. The number of nitrogens with one attached hydrogen (secondary N) is 2. The van der Waals surface area contributed by atoms with Crippen LogP contribution < -0.4 is 15.4 Å². The van der Waals surface area contributed by atoms with Crippen LogP contribution in [-0.4, -0.2) is 36.8 Å². The van der Waals surface area contributed by atoms with Crippen LogP contribution >= 0.6 is 23.8 Å². The number of halogens is 2. The van der Waals surface area contributed by atoms with E-state index in [4.69, 9.17) is 28.6 Å². The average molecular weight is 436 g/mol. The van der Waals surface area contributed by atoms with Crippen molar-refractivity contribution in [3.63, 3.8) is 0 Å². The van der Waals surface area contributed by atoms with Crippen molar-refractivity contribution >= 4 is 34.6 Å². The summed E-state index contributed by atoms with van der Waals surface area (Å²) in [5.41, 5.74) is 1.89. The number of benzene rings is 2. The van der Waals surface area contributed by atoms with Crippen LogP contribution in [0.2, 0.25) is 5.02 Å². The summed E-state index contributed by atoms with van der Waals surface area (Å²) in [5, 5.41) is 6.96. The van der Waals surface area contributed by atoms with Crippen LogP contribution in [0.15, 0.2) is 42.5 Å². The molecule has 0 bridgehead atoms. The van der Waals surface area contributed by atoms with Gasteiger partial charge in [0.1, 0.15) is 11.6 Å². The molecule has 1 atom stereocenters. The molecule has 0 aliphatic carbocycles. The number of methoxy groups -OCH3 is 1. The zero-order valence-electron chi connectivity index (χ0n) is 16.6. The van der Waals surface area contributed by atoms with Gasteiger partial charge in [0.25, 0.3) is 0 Å². The number of likely N-dealkylation sites (tertiary alicyclic amines) is 1. The van der Waals surface area contributed by atoms with E-state index in [2.05, 4.69) is 27.7 Å². The van der Waals surface area contributed by atoms with E-state index in [0.29, 0.717) is 17.3 Å². The summed E-state index contributed by atoms with van der Waals surface area (Å²) < 4.78 is 18.6. The van der Waals surface area contributed by atoms with E-state index >= 15 is 0 Å². The zero-order chi connectivity index (χ0) is 20.6. The lowest BCUT2D eigenvalue weighted by Gasteiger charge is -2.31. The molecule has 0 unspecified atom stereocenters. The van der Waals surface area contributed by atoms with E-state index in [1.807, 2.05) is 12.1 Å². The molecule has 1 saturated heterocycles. The Bertz CT molecular complexity index is 810. The Hall–Kier alpha value is -1.89. The van der Waals surface area contributed by atoms with Gasteiger partial charge in [0.15, 0.2) is 5.11 Å². The number of rotatable bonds is 6. The van der Waals surface area contributed by atoms with Crippen LogP contribution in [0.1, 0.15) is 37.3 Å². The first kappa shape index (κ1) is 21.8. The van der Waals surface area contributed by atoms with Gasteiger partial charge in [-0.05, 0) is 74.0 Å².